The fourth-order valence-electron chi connectivity index (χ4n) is 5.27. The average Bonchev–Trinajstić information content (AvgIpc) is 3.05. The molecule has 2 aromatic carbocycles. The van der Waals surface area contributed by atoms with Gasteiger partial charge in [0.05, 0.1) is 34.2 Å². The minimum atomic E-state index is -0.189. The fraction of sp³-hybridized carbons (Fsp3) is 0.211. The van der Waals surface area contributed by atoms with Gasteiger partial charge in [-0.2, -0.15) is 0 Å². The zero-order chi connectivity index (χ0) is 32.6. The molecule has 4 heterocycles. The van der Waals surface area contributed by atoms with Crippen molar-refractivity contribution in [2.75, 3.05) is 0 Å². The standard InChI is InChI=1S/C38H36N6O2/c1-37(2,3)23-17-25(29-13-15-39-21-41-29)35(45)27(19-23)31-9-7-11-33(43-31)34-12-8-10-32(44-34)28-20-24(38(4,5)6)18-26(36(28)46)30-14-16-40-22-42-30/h7-22,45-46H,1-6H3. The van der Waals surface area contributed by atoms with Crippen LogP contribution < -0.4 is 0 Å². The van der Waals surface area contributed by atoms with Crippen LogP contribution in [0, 0.1) is 0 Å². The summed E-state index contributed by atoms with van der Waals surface area (Å²) in [6.07, 6.45) is 6.27. The molecule has 2 N–H and O–H groups in total. The normalized spacial score (nSPS) is 11.9. The number of nitrogens with zero attached hydrogens (tertiary/aromatic N) is 6. The van der Waals surface area contributed by atoms with E-state index in [2.05, 4.69) is 61.5 Å². The Kier molecular flexibility index (Phi) is 7.82. The summed E-state index contributed by atoms with van der Waals surface area (Å²) >= 11 is 0. The Hall–Kier alpha value is -5.50. The van der Waals surface area contributed by atoms with Crippen LogP contribution in [0.4, 0.5) is 0 Å². The van der Waals surface area contributed by atoms with Crippen LogP contribution in [-0.2, 0) is 10.8 Å². The van der Waals surface area contributed by atoms with E-state index in [1.165, 1.54) is 12.7 Å². The maximum absolute atomic E-state index is 11.5. The second-order valence-electron chi connectivity index (χ2n) is 13.3. The van der Waals surface area contributed by atoms with Crippen molar-refractivity contribution in [1.82, 2.24) is 29.9 Å². The molecule has 0 atom stereocenters. The van der Waals surface area contributed by atoms with Gasteiger partial charge in [-0.1, -0.05) is 53.7 Å². The zero-order valence-corrected chi connectivity index (χ0v) is 26.8. The van der Waals surface area contributed by atoms with Crippen molar-refractivity contribution in [3.63, 3.8) is 0 Å². The summed E-state index contributed by atoms with van der Waals surface area (Å²) < 4.78 is 0. The number of benzene rings is 2. The van der Waals surface area contributed by atoms with Gasteiger partial charge < -0.3 is 10.2 Å². The molecule has 46 heavy (non-hydrogen) atoms. The maximum Gasteiger partial charge on any atom is 0.134 e. The van der Waals surface area contributed by atoms with Gasteiger partial charge in [-0.3, -0.25) is 0 Å². The first-order valence-electron chi connectivity index (χ1n) is 15.1. The van der Waals surface area contributed by atoms with Crippen LogP contribution in [0.15, 0.2) is 97.8 Å². The fourth-order valence-corrected chi connectivity index (χ4v) is 5.27. The molecule has 0 bridgehead atoms. The van der Waals surface area contributed by atoms with Gasteiger partial charge in [0.1, 0.15) is 24.2 Å². The van der Waals surface area contributed by atoms with Crippen LogP contribution in [0.25, 0.3) is 56.4 Å². The van der Waals surface area contributed by atoms with Crippen LogP contribution >= 0.6 is 0 Å². The minimum Gasteiger partial charge on any atom is -0.507 e. The lowest BCUT2D eigenvalue weighted by atomic mass is 9.83. The van der Waals surface area contributed by atoms with Crippen LogP contribution in [0.3, 0.4) is 0 Å². The van der Waals surface area contributed by atoms with Crippen molar-refractivity contribution in [3.05, 3.63) is 109 Å². The summed E-state index contributed by atoms with van der Waals surface area (Å²) in [5, 5.41) is 23.1. The van der Waals surface area contributed by atoms with Gasteiger partial charge in [-0.25, -0.2) is 29.9 Å². The molecule has 0 saturated carbocycles. The summed E-state index contributed by atoms with van der Waals surface area (Å²) in [7, 11) is 0. The number of pyridine rings is 2. The molecule has 0 spiro atoms. The van der Waals surface area contributed by atoms with Crippen molar-refractivity contribution in [3.8, 4) is 67.9 Å². The van der Waals surface area contributed by atoms with Gasteiger partial charge in [0.15, 0.2) is 0 Å². The van der Waals surface area contributed by atoms with E-state index < -0.39 is 0 Å². The Morgan fingerprint density at radius 2 is 0.804 bits per heavy atom. The smallest absolute Gasteiger partial charge is 0.134 e. The highest BCUT2D eigenvalue weighted by Crippen LogP contribution is 2.43. The molecule has 0 radical (unpaired) electrons. The first-order chi connectivity index (χ1) is 21.9. The van der Waals surface area contributed by atoms with Gasteiger partial charge in [-0.15, -0.1) is 0 Å². The number of hydrogen-bond donors (Lipinski definition) is 2. The summed E-state index contributed by atoms with van der Waals surface area (Å²) in [6, 6.07) is 22.9. The highest BCUT2D eigenvalue weighted by atomic mass is 16.3. The van der Waals surface area contributed by atoms with Gasteiger partial charge >= 0.3 is 0 Å². The van der Waals surface area contributed by atoms with Crippen LogP contribution in [0.2, 0.25) is 0 Å². The van der Waals surface area contributed by atoms with E-state index in [1.54, 1.807) is 24.5 Å². The number of phenols is 2. The van der Waals surface area contributed by atoms with Crippen molar-refractivity contribution in [2.45, 2.75) is 52.4 Å². The number of aromatic hydroxyl groups is 2. The first kappa shape index (κ1) is 30.5. The van der Waals surface area contributed by atoms with Gasteiger partial charge in [0.25, 0.3) is 0 Å². The molecule has 0 fully saturated rings. The number of aromatic nitrogens is 6. The molecule has 0 unspecified atom stereocenters. The summed E-state index contributed by atoms with van der Waals surface area (Å²) in [4.78, 5) is 26.8. The average molecular weight is 609 g/mol. The monoisotopic (exact) mass is 608 g/mol. The third-order valence-electron chi connectivity index (χ3n) is 7.98. The lowest BCUT2D eigenvalue weighted by Crippen LogP contribution is -2.11. The minimum absolute atomic E-state index is 0.0965. The van der Waals surface area contributed by atoms with Crippen LogP contribution in [0.1, 0.15) is 52.7 Å². The lowest BCUT2D eigenvalue weighted by Gasteiger charge is -2.22. The van der Waals surface area contributed by atoms with Crippen molar-refractivity contribution in [1.29, 1.82) is 0 Å². The van der Waals surface area contributed by atoms with Gasteiger partial charge in [0.2, 0.25) is 0 Å². The van der Waals surface area contributed by atoms with E-state index in [4.69, 9.17) is 9.97 Å². The molecule has 0 saturated heterocycles. The SMILES string of the molecule is CC(C)(C)c1cc(-c2ccncn2)c(O)c(-c2cccc(-c3cccc(-c4cc(C(C)(C)C)cc(-c5ccncn5)c4O)n3)n2)c1. The Morgan fingerprint density at radius 3 is 1.13 bits per heavy atom. The van der Waals surface area contributed by atoms with Gasteiger partial charge in [-0.05, 0) is 82.6 Å². The predicted molar refractivity (Wildman–Crippen MR) is 181 cm³/mol. The molecular formula is C38H36N6O2. The Labute approximate surface area is 269 Å². The molecular weight excluding hydrogens is 572 g/mol. The summed E-state index contributed by atoms with van der Waals surface area (Å²) in [5.41, 5.74) is 7.86. The molecule has 8 heteroatoms. The Balaban J connectivity index is 1.47. The third-order valence-corrected chi connectivity index (χ3v) is 7.98. The van der Waals surface area contributed by atoms with Crippen molar-refractivity contribution >= 4 is 0 Å². The van der Waals surface area contributed by atoms with Crippen molar-refractivity contribution in [2.24, 2.45) is 0 Å². The highest BCUT2D eigenvalue weighted by molar-refractivity contribution is 5.83. The zero-order valence-electron chi connectivity index (χ0n) is 26.8. The molecule has 6 rings (SSSR count). The molecule has 0 aliphatic carbocycles. The molecule has 0 aliphatic heterocycles. The van der Waals surface area contributed by atoms with E-state index in [0.717, 1.165) is 11.1 Å². The Bertz CT molecular complexity index is 1880. The molecule has 6 aromatic rings. The molecule has 4 aromatic heterocycles. The molecule has 0 amide bonds. The summed E-state index contributed by atoms with van der Waals surface area (Å²) in [5.74, 6) is 0.193. The predicted octanol–water partition coefficient (Wildman–Crippen LogP) is 8.40. The second-order valence-corrected chi connectivity index (χ2v) is 13.3. The van der Waals surface area contributed by atoms with E-state index in [9.17, 15) is 10.2 Å². The topological polar surface area (TPSA) is 118 Å². The molecule has 0 aliphatic rings. The van der Waals surface area contributed by atoms with E-state index >= 15 is 0 Å². The first-order valence-corrected chi connectivity index (χ1v) is 15.1. The van der Waals surface area contributed by atoms with Gasteiger partial charge in [0, 0.05) is 34.6 Å². The van der Waals surface area contributed by atoms with Crippen LogP contribution in [0.5, 0.6) is 11.5 Å². The van der Waals surface area contributed by atoms with E-state index in [1.807, 2.05) is 60.7 Å². The highest BCUT2D eigenvalue weighted by Gasteiger charge is 2.23. The largest absolute Gasteiger partial charge is 0.507 e. The number of rotatable bonds is 5. The maximum atomic E-state index is 11.5. The summed E-state index contributed by atoms with van der Waals surface area (Å²) in [6.45, 7) is 12.8. The van der Waals surface area contributed by atoms with E-state index in [0.29, 0.717) is 56.4 Å². The number of phenolic OH excluding ortho intramolecular Hbond substituents is 2. The molecule has 230 valence electrons. The Morgan fingerprint density at radius 1 is 0.457 bits per heavy atom. The van der Waals surface area contributed by atoms with Crippen LogP contribution in [-0.4, -0.2) is 40.1 Å². The molecule has 8 nitrogen and oxygen atoms in total. The number of hydrogen-bond acceptors (Lipinski definition) is 8. The second kappa shape index (κ2) is 11.8. The third kappa shape index (κ3) is 6.06. The van der Waals surface area contributed by atoms with E-state index in [-0.39, 0.29) is 22.3 Å². The lowest BCUT2D eigenvalue weighted by molar-refractivity contribution is 0.477. The van der Waals surface area contributed by atoms with Crippen molar-refractivity contribution < 1.29 is 10.2 Å². The quantitative estimate of drug-likeness (QED) is 0.200.